The molecule has 126 valence electrons. The second kappa shape index (κ2) is 7.71. The first kappa shape index (κ1) is 16.8. The molecule has 0 spiro atoms. The van der Waals surface area contributed by atoms with Crippen LogP contribution in [-0.2, 0) is 0 Å². The van der Waals surface area contributed by atoms with Crippen molar-refractivity contribution in [1.82, 2.24) is 4.68 Å². The number of hydrogen-bond acceptors (Lipinski definition) is 3. The zero-order valence-corrected chi connectivity index (χ0v) is 14.8. The van der Waals surface area contributed by atoms with E-state index in [4.69, 9.17) is 5.10 Å². The molecule has 1 heterocycles. The largest absolute Gasteiger partial charge is 0.255 e. The molecule has 0 aliphatic heterocycles. The van der Waals surface area contributed by atoms with Crippen LogP contribution in [0.5, 0.6) is 0 Å². The minimum absolute atomic E-state index is 0.198. The fourth-order valence-corrected chi connectivity index (χ4v) is 3.62. The van der Waals surface area contributed by atoms with Gasteiger partial charge in [0.15, 0.2) is 0 Å². The summed E-state index contributed by atoms with van der Waals surface area (Å²) in [5.74, 6) is 0.237. The van der Waals surface area contributed by atoms with Crippen molar-refractivity contribution in [2.24, 2.45) is 16.0 Å². The quantitative estimate of drug-likeness (QED) is 0.561. The van der Waals surface area contributed by atoms with Gasteiger partial charge in [0.2, 0.25) is 4.80 Å². The molecule has 0 saturated carbocycles. The molecule has 3 nitrogen and oxygen atoms in total. The van der Waals surface area contributed by atoms with Gasteiger partial charge in [0, 0.05) is 23.2 Å². The summed E-state index contributed by atoms with van der Waals surface area (Å²) in [5.41, 5.74) is 1.89. The Balaban J connectivity index is 2.00. The zero-order valence-electron chi connectivity index (χ0n) is 14.0. The first-order valence-electron chi connectivity index (χ1n) is 8.33. The molecule has 0 fully saturated rings. The zero-order chi connectivity index (χ0) is 16.9. The average molecular weight is 343 g/mol. The topological polar surface area (TPSA) is 29.6 Å². The molecule has 1 aromatic carbocycles. The molecule has 2 aromatic rings. The minimum atomic E-state index is -0.231. The predicted molar refractivity (Wildman–Crippen MR) is 98.8 cm³/mol. The van der Waals surface area contributed by atoms with Crippen LogP contribution in [-0.4, -0.2) is 16.9 Å². The van der Waals surface area contributed by atoms with Gasteiger partial charge >= 0.3 is 0 Å². The van der Waals surface area contributed by atoms with Gasteiger partial charge < -0.3 is 0 Å². The molecule has 3 rings (SSSR count). The van der Waals surface area contributed by atoms with Crippen molar-refractivity contribution in [1.29, 1.82) is 0 Å². The van der Waals surface area contributed by atoms with E-state index in [0.717, 1.165) is 35.3 Å². The summed E-state index contributed by atoms with van der Waals surface area (Å²) in [6.45, 7) is 4.11. The number of halogens is 1. The van der Waals surface area contributed by atoms with Gasteiger partial charge in [0.1, 0.15) is 5.82 Å². The molecule has 1 aromatic heterocycles. The lowest BCUT2D eigenvalue weighted by Gasteiger charge is -2.12. The molecule has 1 aliphatic rings. The van der Waals surface area contributed by atoms with E-state index in [1.54, 1.807) is 23.5 Å². The smallest absolute Gasteiger partial charge is 0.206 e. The summed E-state index contributed by atoms with van der Waals surface area (Å²) < 4.78 is 15.1. The van der Waals surface area contributed by atoms with Gasteiger partial charge in [-0.2, -0.15) is 5.10 Å². The van der Waals surface area contributed by atoms with Gasteiger partial charge in [-0.3, -0.25) is 4.99 Å². The minimum Gasteiger partial charge on any atom is -0.255 e. The van der Waals surface area contributed by atoms with E-state index in [1.807, 2.05) is 16.3 Å². The highest BCUT2D eigenvalue weighted by Gasteiger charge is 2.10. The SMILES string of the molecule is CC(C)N=c1scc(-c2ccc(F)cc2)n1N=CC1CC=CCC1. The monoisotopic (exact) mass is 343 g/mol. The molecular weight excluding hydrogens is 321 g/mol. The fourth-order valence-electron chi connectivity index (χ4n) is 2.65. The molecule has 1 atom stereocenters. The highest BCUT2D eigenvalue weighted by atomic mass is 32.1. The molecule has 24 heavy (non-hydrogen) atoms. The fraction of sp³-hybridized carbons (Fsp3) is 0.368. The number of thiazole rings is 1. The van der Waals surface area contributed by atoms with Crippen LogP contribution in [0.15, 0.2) is 51.9 Å². The molecule has 1 aliphatic carbocycles. The maximum atomic E-state index is 13.2. The van der Waals surface area contributed by atoms with Gasteiger partial charge in [0.25, 0.3) is 0 Å². The number of nitrogens with zero attached hydrogens (tertiary/aromatic N) is 3. The highest BCUT2D eigenvalue weighted by Crippen LogP contribution is 2.21. The Hall–Kier alpha value is -2.01. The summed E-state index contributed by atoms with van der Waals surface area (Å²) in [6.07, 6.45) is 9.76. The van der Waals surface area contributed by atoms with Crippen molar-refractivity contribution in [2.75, 3.05) is 0 Å². The van der Waals surface area contributed by atoms with Crippen molar-refractivity contribution in [3.63, 3.8) is 0 Å². The van der Waals surface area contributed by atoms with Crippen molar-refractivity contribution >= 4 is 17.6 Å². The molecule has 0 bridgehead atoms. The normalized spacial score (nSPS) is 18.8. The van der Waals surface area contributed by atoms with E-state index in [1.165, 1.54) is 12.1 Å². The van der Waals surface area contributed by atoms with Gasteiger partial charge in [-0.25, -0.2) is 9.07 Å². The van der Waals surface area contributed by atoms with Crippen LogP contribution < -0.4 is 4.80 Å². The lowest BCUT2D eigenvalue weighted by atomic mass is 9.96. The van der Waals surface area contributed by atoms with Crippen LogP contribution in [0.4, 0.5) is 4.39 Å². The van der Waals surface area contributed by atoms with Crippen LogP contribution >= 0.6 is 11.3 Å². The highest BCUT2D eigenvalue weighted by molar-refractivity contribution is 7.07. The maximum absolute atomic E-state index is 13.2. The molecule has 0 radical (unpaired) electrons. The maximum Gasteiger partial charge on any atom is 0.206 e. The third-order valence-corrected chi connectivity index (χ3v) is 4.73. The molecule has 1 unspecified atom stereocenters. The van der Waals surface area contributed by atoms with E-state index in [9.17, 15) is 4.39 Å². The molecule has 0 N–H and O–H groups in total. The van der Waals surface area contributed by atoms with Crippen molar-refractivity contribution in [2.45, 2.75) is 39.2 Å². The van der Waals surface area contributed by atoms with E-state index < -0.39 is 0 Å². The number of rotatable bonds is 4. The van der Waals surface area contributed by atoms with E-state index in [2.05, 4.69) is 31.0 Å². The first-order valence-corrected chi connectivity index (χ1v) is 9.21. The number of aromatic nitrogens is 1. The Labute approximate surface area is 145 Å². The molecule has 0 amide bonds. The Bertz CT molecular complexity index is 797. The van der Waals surface area contributed by atoms with Crippen LogP contribution in [0.25, 0.3) is 11.3 Å². The van der Waals surface area contributed by atoms with Crippen LogP contribution in [0.2, 0.25) is 0 Å². The van der Waals surface area contributed by atoms with E-state index >= 15 is 0 Å². The Morgan fingerprint density at radius 1 is 1.25 bits per heavy atom. The summed E-state index contributed by atoms with van der Waals surface area (Å²) in [7, 11) is 0. The van der Waals surface area contributed by atoms with E-state index in [0.29, 0.717) is 5.92 Å². The van der Waals surface area contributed by atoms with Gasteiger partial charge in [-0.15, -0.1) is 11.3 Å². The summed E-state index contributed by atoms with van der Waals surface area (Å²) >= 11 is 1.56. The van der Waals surface area contributed by atoms with E-state index in [-0.39, 0.29) is 11.9 Å². The molecule has 0 saturated heterocycles. The lowest BCUT2D eigenvalue weighted by Crippen LogP contribution is -2.15. The second-order valence-electron chi connectivity index (χ2n) is 6.25. The third-order valence-electron chi connectivity index (χ3n) is 3.90. The number of allylic oxidation sites excluding steroid dienone is 2. The van der Waals surface area contributed by atoms with Gasteiger partial charge in [-0.1, -0.05) is 12.2 Å². The third kappa shape index (κ3) is 4.09. The Morgan fingerprint density at radius 2 is 2.04 bits per heavy atom. The Kier molecular flexibility index (Phi) is 5.41. The molecular formula is C19H22FN3S. The summed E-state index contributed by atoms with van der Waals surface area (Å²) in [4.78, 5) is 5.53. The van der Waals surface area contributed by atoms with Crippen LogP contribution in [0.1, 0.15) is 33.1 Å². The predicted octanol–water partition coefficient (Wildman–Crippen LogP) is 4.86. The standard InChI is InChI=1S/C19H22FN3S/c1-14(2)22-19-23(21-12-15-6-4-3-5-7-15)18(13-24-19)16-8-10-17(20)11-9-16/h3-4,8-15H,5-7H2,1-2H3. The van der Waals surface area contributed by atoms with Crippen molar-refractivity contribution < 1.29 is 4.39 Å². The molecule has 5 heteroatoms. The average Bonchev–Trinajstić information content (AvgIpc) is 2.96. The van der Waals surface area contributed by atoms with Gasteiger partial charge in [0.05, 0.1) is 5.69 Å². The number of benzene rings is 1. The second-order valence-corrected chi connectivity index (χ2v) is 7.09. The summed E-state index contributed by atoms with van der Waals surface area (Å²) in [5, 5.41) is 6.76. The van der Waals surface area contributed by atoms with Crippen LogP contribution in [0.3, 0.4) is 0 Å². The van der Waals surface area contributed by atoms with Gasteiger partial charge in [-0.05, 0) is 63.3 Å². The van der Waals surface area contributed by atoms with Crippen LogP contribution in [0, 0.1) is 11.7 Å². The number of hydrogen-bond donors (Lipinski definition) is 0. The van der Waals surface area contributed by atoms with Crippen molar-refractivity contribution in [3.8, 4) is 11.3 Å². The first-order chi connectivity index (χ1) is 11.6. The van der Waals surface area contributed by atoms with Crippen molar-refractivity contribution in [3.05, 3.63) is 52.4 Å². The summed E-state index contributed by atoms with van der Waals surface area (Å²) in [6, 6.07) is 6.72. The Morgan fingerprint density at radius 3 is 2.71 bits per heavy atom. The lowest BCUT2D eigenvalue weighted by molar-refractivity contribution is 0.621.